The highest BCUT2D eigenvalue weighted by Gasteiger charge is 2.14. The van der Waals surface area contributed by atoms with Gasteiger partial charge in [-0.05, 0) is 18.4 Å². The fraction of sp³-hybridized carbons (Fsp3) is 0.444. The molecule has 0 aromatic carbocycles. The molecule has 3 heteroatoms. The van der Waals surface area contributed by atoms with E-state index in [1.807, 2.05) is 26.2 Å². The average molecular weight is 184 g/mol. The molecule has 1 rings (SSSR count). The molecule has 0 bridgehead atoms. The molecule has 1 heterocycles. The molecule has 0 aliphatic rings. The summed E-state index contributed by atoms with van der Waals surface area (Å²) in [7, 11) is 0. The molecule has 1 aromatic heterocycles. The Morgan fingerprint density at radius 1 is 1.50 bits per heavy atom. The lowest BCUT2D eigenvalue weighted by molar-refractivity contribution is 0.0906. The van der Waals surface area contributed by atoms with Crippen LogP contribution in [0.4, 0.5) is 0 Å². The van der Waals surface area contributed by atoms with Crippen LogP contribution >= 0.6 is 11.8 Å². The summed E-state index contributed by atoms with van der Waals surface area (Å²) in [5.41, 5.74) is 0. The summed E-state index contributed by atoms with van der Waals surface area (Å²) in [5, 5.41) is 0.791. The molecule has 12 heavy (non-hydrogen) atoms. The molecule has 0 saturated heterocycles. The molecule has 0 atom stereocenters. The number of carbonyl (C=O) groups is 1. The molecule has 1 aromatic rings. The number of rotatable bonds is 3. The van der Waals surface area contributed by atoms with E-state index in [-0.39, 0.29) is 11.7 Å². The van der Waals surface area contributed by atoms with Crippen LogP contribution in [0.15, 0.2) is 21.6 Å². The standard InChI is InChI=1S/C9H12O2S/c1-6(2)9(10)7-4-5-8(11-7)12-3/h4-6H,1-3H3. The third-order valence-electron chi connectivity index (χ3n) is 1.55. The Morgan fingerprint density at radius 3 is 2.58 bits per heavy atom. The molecular formula is C9H12O2S. The number of Topliss-reactive ketones (excluding diaryl/α,β-unsaturated/α-hetero) is 1. The predicted octanol–water partition coefficient (Wildman–Crippen LogP) is 2.84. The topological polar surface area (TPSA) is 30.2 Å². The Labute approximate surface area is 76.3 Å². The van der Waals surface area contributed by atoms with Crippen LogP contribution in [0, 0.1) is 5.92 Å². The summed E-state index contributed by atoms with van der Waals surface area (Å²) in [4.78, 5) is 11.4. The lowest BCUT2D eigenvalue weighted by atomic mass is 10.1. The van der Waals surface area contributed by atoms with Crippen LogP contribution in [0.3, 0.4) is 0 Å². The van der Waals surface area contributed by atoms with Gasteiger partial charge in [-0.1, -0.05) is 25.6 Å². The minimum Gasteiger partial charge on any atom is -0.447 e. The second-order valence-corrected chi connectivity index (χ2v) is 3.65. The molecule has 0 aliphatic carbocycles. The molecule has 0 unspecified atom stereocenters. The SMILES string of the molecule is CSc1ccc(C(=O)C(C)C)o1. The largest absolute Gasteiger partial charge is 0.447 e. The number of thioether (sulfide) groups is 1. The number of ketones is 1. The third-order valence-corrected chi connectivity index (χ3v) is 2.17. The minimum atomic E-state index is 0.00542. The van der Waals surface area contributed by atoms with E-state index in [9.17, 15) is 4.79 Å². The zero-order valence-electron chi connectivity index (χ0n) is 7.46. The van der Waals surface area contributed by atoms with Crippen molar-refractivity contribution in [3.05, 3.63) is 17.9 Å². The maximum absolute atomic E-state index is 11.4. The fourth-order valence-electron chi connectivity index (χ4n) is 0.847. The van der Waals surface area contributed by atoms with Gasteiger partial charge >= 0.3 is 0 Å². The number of carbonyl (C=O) groups excluding carboxylic acids is 1. The second-order valence-electron chi connectivity index (χ2n) is 2.84. The molecule has 66 valence electrons. The van der Waals surface area contributed by atoms with Gasteiger partial charge in [-0.25, -0.2) is 0 Å². The van der Waals surface area contributed by atoms with Gasteiger partial charge in [-0.15, -0.1) is 0 Å². The molecular weight excluding hydrogens is 172 g/mol. The van der Waals surface area contributed by atoms with E-state index >= 15 is 0 Å². The van der Waals surface area contributed by atoms with Crippen LogP contribution in [0.25, 0.3) is 0 Å². The Kier molecular flexibility index (Phi) is 2.98. The quantitative estimate of drug-likeness (QED) is 0.534. The van der Waals surface area contributed by atoms with Crippen LogP contribution in [0.2, 0.25) is 0 Å². The predicted molar refractivity (Wildman–Crippen MR) is 49.7 cm³/mol. The van der Waals surface area contributed by atoms with E-state index in [1.165, 1.54) is 11.8 Å². The third kappa shape index (κ3) is 1.91. The van der Waals surface area contributed by atoms with Crippen molar-refractivity contribution in [3.8, 4) is 0 Å². The Hall–Kier alpha value is -0.700. The maximum atomic E-state index is 11.4. The van der Waals surface area contributed by atoms with Crippen LogP contribution < -0.4 is 0 Å². The number of hydrogen-bond donors (Lipinski definition) is 0. The first-order valence-corrected chi connectivity index (χ1v) is 5.05. The first kappa shape index (κ1) is 9.39. The highest BCUT2D eigenvalue weighted by molar-refractivity contribution is 7.98. The minimum absolute atomic E-state index is 0.00542. The van der Waals surface area contributed by atoms with Crippen LogP contribution in [-0.4, -0.2) is 12.0 Å². The van der Waals surface area contributed by atoms with Crippen molar-refractivity contribution in [2.45, 2.75) is 18.9 Å². The summed E-state index contributed by atoms with van der Waals surface area (Å²) in [6.45, 7) is 3.73. The molecule has 0 aliphatic heterocycles. The molecule has 0 saturated carbocycles. The van der Waals surface area contributed by atoms with E-state index in [0.717, 1.165) is 5.09 Å². The second kappa shape index (κ2) is 3.81. The highest BCUT2D eigenvalue weighted by atomic mass is 32.2. The molecule has 0 N–H and O–H groups in total. The van der Waals surface area contributed by atoms with Crippen molar-refractivity contribution in [1.82, 2.24) is 0 Å². The Morgan fingerprint density at radius 2 is 2.17 bits per heavy atom. The van der Waals surface area contributed by atoms with E-state index in [0.29, 0.717) is 5.76 Å². The van der Waals surface area contributed by atoms with Crippen molar-refractivity contribution >= 4 is 17.5 Å². The zero-order chi connectivity index (χ0) is 9.14. The van der Waals surface area contributed by atoms with Crippen molar-refractivity contribution in [1.29, 1.82) is 0 Å². The monoisotopic (exact) mass is 184 g/mol. The normalized spacial score (nSPS) is 10.7. The van der Waals surface area contributed by atoms with Crippen molar-refractivity contribution in [2.75, 3.05) is 6.26 Å². The van der Waals surface area contributed by atoms with Gasteiger partial charge in [-0.2, -0.15) is 0 Å². The summed E-state index contributed by atoms with van der Waals surface area (Å²) in [6, 6.07) is 3.55. The first-order chi connectivity index (χ1) is 5.65. The summed E-state index contributed by atoms with van der Waals surface area (Å²) >= 11 is 1.50. The van der Waals surface area contributed by atoms with Gasteiger partial charge in [0, 0.05) is 5.92 Å². The summed E-state index contributed by atoms with van der Waals surface area (Å²) < 4.78 is 5.27. The van der Waals surface area contributed by atoms with Crippen LogP contribution in [0.1, 0.15) is 24.4 Å². The molecule has 0 radical (unpaired) electrons. The van der Waals surface area contributed by atoms with E-state index in [4.69, 9.17) is 4.42 Å². The molecule has 0 spiro atoms. The maximum Gasteiger partial charge on any atom is 0.200 e. The van der Waals surface area contributed by atoms with Gasteiger partial charge < -0.3 is 4.42 Å². The number of furan rings is 1. The van der Waals surface area contributed by atoms with Crippen molar-refractivity contribution in [2.24, 2.45) is 5.92 Å². The van der Waals surface area contributed by atoms with Gasteiger partial charge in [0.1, 0.15) is 0 Å². The zero-order valence-corrected chi connectivity index (χ0v) is 8.27. The average Bonchev–Trinajstić information content (AvgIpc) is 2.50. The fourth-order valence-corrected chi connectivity index (χ4v) is 1.22. The Bertz CT molecular complexity index is 276. The molecule has 2 nitrogen and oxygen atoms in total. The van der Waals surface area contributed by atoms with Gasteiger partial charge in [0.05, 0.1) is 0 Å². The van der Waals surface area contributed by atoms with Crippen LogP contribution in [-0.2, 0) is 0 Å². The molecule has 0 fully saturated rings. The molecule has 0 amide bonds. The summed E-state index contributed by atoms with van der Waals surface area (Å²) in [6.07, 6.45) is 1.92. The highest BCUT2D eigenvalue weighted by Crippen LogP contribution is 2.19. The van der Waals surface area contributed by atoms with Gasteiger partial charge in [0.2, 0.25) is 5.78 Å². The lowest BCUT2D eigenvalue weighted by Crippen LogP contribution is -2.05. The van der Waals surface area contributed by atoms with Gasteiger partial charge in [0.25, 0.3) is 0 Å². The smallest absolute Gasteiger partial charge is 0.200 e. The van der Waals surface area contributed by atoms with Crippen molar-refractivity contribution < 1.29 is 9.21 Å². The Balaban J connectivity index is 2.82. The van der Waals surface area contributed by atoms with Crippen LogP contribution in [0.5, 0.6) is 0 Å². The van der Waals surface area contributed by atoms with E-state index < -0.39 is 0 Å². The first-order valence-electron chi connectivity index (χ1n) is 3.83. The van der Waals surface area contributed by atoms with Crippen molar-refractivity contribution in [3.63, 3.8) is 0 Å². The van der Waals surface area contributed by atoms with Gasteiger partial charge in [0.15, 0.2) is 10.9 Å². The van der Waals surface area contributed by atoms with Gasteiger partial charge in [-0.3, -0.25) is 4.79 Å². The van der Waals surface area contributed by atoms with E-state index in [2.05, 4.69) is 0 Å². The van der Waals surface area contributed by atoms with E-state index in [1.54, 1.807) is 6.07 Å². The summed E-state index contributed by atoms with van der Waals surface area (Å²) in [5.74, 6) is 0.538. The lowest BCUT2D eigenvalue weighted by Gasteiger charge is -1.98. The number of hydrogen-bond acceptors (Lipinski definition) is 3.